The molecule has 1 atom stereocenters. The summed E-state index contributed by atoms with van der Waals surface area (Å²) in [6.45, 7) is 7.21. The average molecular weight is 283 g/mol. The molecule has 0 aliphatic carbocycles. The highest BCUT2D eigenvalue weighted by Crippen LogP contribution is 2.14. The average Bonchev–Trinajstić information content (AvgIpc) is 2.74. The second kappa shape index (κ2) is 6.40. The molecular formula is C13H21N3O4. The van der Waals surface area contributed by atoms with Gasteiger partial charge in [-0.15, -0.1) is 0 Å². The van der Waals surface area contributed by atoms with Crippen molar-refractivity contribution in [2.24, 2.45) is 0 Å². The summed E-state index contributed by atoms with van der Waals surface area (Å²) < 4.78 is 11.4. The van der Waals surface area contributed by atoms with Gasteiger partial charge in [0, 0.05) is 0 Å². The lowest BCUT2D eigenvalue weighted by molar-refractivity contribution is -0.141. The van der Waals surface area contributed by atoms with Crippen molar-refractivity contribution >= 4 is 12.1 Å². The summed E-state index contributed by atoms with van der Waals surface area (Å²) in [5.41, 5.74) is 0.136. The number of amides is 1. The summed E-state index contributed by atoms with van der Waals surface area (Å²) in [6, 6.07) is -0.336. The maximum Gasteiger partial charge on any atom is 0.408 e. The molecule has 0 fully saturated rings. The Morgan fingerprint density at radius 1 is 1.45 bits per heavy atom. The third-order valence-corrected chi connectivity index (χ3v) is 2.45. The van der Waals surface area contributed by atoms with Crippen LogP contribution in [0.15, 0.2) is 12.5 Å². The highest BCUT2D eigenvalue weighted by atomic mass is 16.6. The number of esters is 1. The maximum absolute atomic E-state index is 11.7. The van der Waals surface area contributed by atoms with Gasteiger partial charge < -0.3 is 19.4 Å². The fourth-order valence-corrected chi connectivity index (χ4v) is 1.59. The van der Waals surface area contributed by atoms with E-state index < -0.39 is 11.7 Å². The number of nitrogens with zero attached hydrogens (tertiary/aromatic N) is 2. The van der Waals surface area contributed by atoms with Crippen molar-refractivity contribution in [3.8, 4) is 0 Å². The standard InChI is InChI=1S/C13H21N3O4/c1-9(15-12(18)20-13(2,3)4)10-6-14-8-16(10)7-11(17)19-5/h6,8-9H,7H2,1-5H3,(H,15,18). The molecule has 0 aliphatic heterocycles. The first-order valence-corrected chi connectivity index (χ1v) is 6.29. The van der Waals surface area contributed by atoms with Crippen LogP contribution in [0.2, 0.25) is 0 Å². The van der Waals surface area contributed by atoms with E-state index in [-0.39, 0.29) is 18.6 Å². The van der Waals surface area contributed by atoms with Gasteiger partial charge in [-0.25, -0.2) is 9.78 Å². The van der Waals surface area contributed by atoms with Gasteiger partial charge in [0.2, 0.25) is 0 Å². The Morgan fingerprint density at radius 2 is 2.10 bits per heavy atom. The van der Waals surface area contributed by atoms with E-state index >= 15 is 0 Å². The highest BCUT2D eigenvalue weighted by Gasteiger charge is 2.20. The molecule has 0 radical (unpaired) electrons. The first-order chi connectivity index (χ1) is 9.23. The number of carbonyl (C=O) groups is 2. The van der Waals surface area contributed by atoms with E-state index in [1.807, 2.05) is 0 Å². The normalized spacial score (nSPS) is 12.7. The Bertz CT molecular complexity index is 476. The minimum atomic E-state index is -0.559. The lowest BCUT2D eigenvalue weighted by Crippen LogP contribution is -2.34. The molecule has 1 aromatic heterocycles. The number of aromatic nitrogens is 2. The van der Waals surface area contributed by atoms with Gasteiger partial charge in [-0.05, 0) is 27.7 Å². The molecule has 0 bridgehead atoms. The van der Waals surface area contributed by atoms with Crippen molar-refractivity contribution in [3.63, 3.8) is 0 Å². The van der Waals surface area contributed by atoms with E-state index in [2.05, 4.69) is 15.0 Å². The van der Waals surface area contributed by atoms with Crippen LogP contribution in [-0.2, 0) is 20.8 Å². The molecule has 7 nitrogen and oxygen atoms in total. The van der Waals surface area contributed by atoms with Crippen molar-refractivity contribution < 1.29 is 19.1 Å². The van der Waals surface area contributed by atoms with Crippen LogP contribution in [0.25, 0.3) is 0 Å². The molecule has 0 aliphatic rings. The van der Waals surface area contributed by atoms with E-state index in [0.717, 1.165) is 0 Å². The molecule has 0 aromatic carbocycles. The Morgan fingerprint density at radius 3 is 2.65 bits per heavy atom. The van der Waals surface area contributed by atoms with Gasteiger partial charge in [0.15, 0.2) is 0 Å². The minimum absolute atomic E-state index is 0.0478. The van der Waals surface area contributed by atoms with Crippen molar-refractivity contribution in [2.45, 2.75) is 45.9 Å². The second-order valence-electron chi connectivity index (χ2n) is 5.39. The van der Waals surface area contributed by atoms with E-state index in [1.165, 1.54) is 13.4 Å². The largest absolute Gasteiger partial charge is 0.468 e. The van der Waals surface area contributed by atoms with E-state index in [1.54, 1.807) is 38.5 Å². The predicted molar refractivity (Wildman–Crippen MR) is 72.0 cm³/mol. The Kier molecular flexibility index (Phi) is 5.12. The molecule has 1 aromatic rings. The van der Waals surface area contributed by atoms with Crippen LogP contribution in [0, 0.1) is 0 Å². The van der Waals surface area contributed by atoms with Crippen LogP contribution in [0.5, 0.6) is 0 Å². The van der Waals surface area contributed by atoms with Crippen molar-refractivity contribution in [2.75, 3.05) is 7.11 Å². The molecule has 1 rings (SSSR count). The van der Waals surface area contributed by atoms with E-state index in [4.69, 9.17) is 4.74 Å². The zero-order chi connectivity index (χ0) is 15.3. The van der Waals surface area contributed by atoms with Gasteiger partial charge in [-0.3, -0.25) is 4.79 Å². The number of carbonyl (C=O) groups excluding carboxylic acids is 2. The van der Waals surface area contributed by atoms with Crippen LogP contribution >= 0.6 is 0 Å². The third-order valence-electron chi connectivity index (χ3n) is 2.45. The lowest BCUT2D eigenvalue weighted by Gasteiger charge is -2.22. The van der Waals surface area contributed by atoms with E-state index in [9.17, 15) is 9.59 Å². The van der Waals surface area contributed by atoms with Gasteiger partial charge in [-0.1, -0.05) is 0 Å². The number of nitrogens with one attached hydrogen (secondary N) is 1. The highest BCUT2D eigenvalue weighted by molar-refractivity contribution is 5.69. The molecule has 112 valence electrons. The Labute approximate surface area is 118 Å². The van der Waals surface area contributed by atoms with Gasteiger partial charge in [0.25, 0.3) is 0 Å². The van der Waals surface area contributed by atoms with Crippen LogP contribution in [0.3, 0.4) is 0 Å². The molecule has 1 heterocycles. The predicted octanol–water partition coefficient (Wildman–Crippen LogP) is 1.64. The number of imidazole rings is 1. The first-order valence-electron chi connectivity index (χ1n) is 6.29. The number of hydrogen-bond donors (Lipinski definition) is 1. The molecule has 1 N–H and O–H groups in total. The minimum Gasteiger partial charge on any atom is -0.468 e. The first kappa shape index (κ1) is 16.0. The van der Waals surface area contributed by atoms with Gasteiger partial charge >= 0.3 is 12.1 Å². The molecule has 0 spiro atoms. The molecule has 7 heteroatoms. The summed E-state index contributed by atoms with van der Waals surface area (Å²) in [6.07, 6.45) is 2.58. The monoisotopic (exact) mass is 283 g/mol. The molecule has 0 saturated heterocycles. The molecule has 20 heavy (non-hydrogen) atoms. The van der Waals surface area contributed by atoms with Gasteiger partial charge in [0.05, 0.1) is 31.4 Å². The third kappa shape index (κ3) is 4.91. The fourth-order valence-electron chi connectivity index (χ4n) is 1.59. The number of methoxy groups -OCH3 is 1. The van der Waals surface area contributed by atoms with Crippen LogP contribution in [-0.4, -0.2) is 34.3 Å². The summed E-state index contributed by atoms with van der Waals surface area (Å²) in [4.78, 5) is 27.0. The zero-order valence-corrected chi connectivity index (χ0v) is 12.5. The topological polar surface area (TPSA) is 82.5 Å². The summed E-state index contributed by atoms with van der Waals surface area (Å²) in [7, 11) is 1.32. The molecule has 1 amide bonds. The smallest absolute Gasteiger partial charge is 0.408 e. The van der Waals surface area contributed by atoms with Crippen molar-refractivity contribution in [1.82, 2.24) is 14.9 Å². The molecular weight excluding hydrogens is 262 g/mol. The summed E-state index contributed by atoms with van der Waals surface area (Å²) >= 11 is 0. The fraction of sp³-hybridized carbons (Fsp3) is 0.615. The number of ether oxygens (including phenoxy) is 2. The van der Waals surface area contributed by atoms with Crippen LogP contribution in [0.1, 0.15) is 39.4 Å². The van der Waals surface area contributed by atoms with E-state index in [0.29, 0.717) is 5.69 Å². The Hall–Kier alpha value is -2.05. The van der Waals surface area contributed by atoms with Crippen LogP contribution < -0.4 is 5.32 Å². The maximum atomic E-state index is 11.7. The SMILES string of the molecule is COC(=O)Cn1cncc1C(C)NC(=O)OC(C)(C)C. The Balaban J connectivity index is 2.68. The number of hydrogen-bond acceptors (Lipinski definition) is 5. The van der Waals surface area contributed by atoms with Crippen molar-refractivity contribution in [3.05, 3.63) is 18.2 Å². The number of rotatable bonds is 4. The summed E-state index contributed by atoms with van der Waals surface area (Å²) in [5, 5.41) is 2.70. The van der Waals surface area contributed by atoms with Crippen molar-refractivity contribution in [1.29, 1.82) is 0 Å². The van der Waals surface area contributed by atoms with Gasteiger partial charge in [-0.2, -0.15) is 0 Å². The van der Waals surface area contributed by atoms with Crippen LogP contribution in [0.4, 0.5) is 4.79 Å². The molecule has 0 saturated carbocycles. The summed E-state index contributed by atoms with van der Waals surface area (Å²) in [5.74, 6) is -0.381. The lowest BCUT2D eigenvalue weighted by atomic mass is 10.2. The zero-order valence-electron chi connectivity index (χ0n) is 12.5. The van der Waals surface area contributed by atoms with Gasteiger partial charge in [0.1, 0.15) is 12.1 Å². The second-order valence-corrected chi connectivity index (χ2v) is 5.39. The molecule has 1 unspecified atom stereocenters. The quantitative estimate of drug-likeness (QED) is 0.849. The number of alkyl carbamates (subject to hydrolysis) is 1.